The van der Waals surface area contributed by atoms with Crippen LogP contribution < -0.4 is 5.32 Å². The molecule has 1 aliphatic heterocycles. The van der Waals surface area contributed by atoms with Gasteiger partial charge < -0.3 is 10.1 Å². The predicted octanol–water partition coefficient (Wildman–Crippen LogP) is 6.22. The Morgan fingerprint density at radius 2 is 1.74 bits per heavy atom. The Balaban J connectivity index is 1.33. The molecule has 1 heterocycles. The van der Waals surface area contributed by atoms with E-state index in [1.54, 1.807) is 42.5 Å². The number of carbonyl (C=O) groups excluding carboxylic acids is 2. The summed E-state index contributed by atoms with van der Waals surface area (Å²) in [5, 5.41) is 14.6. The van der Waals surface area contributed by atoms with Crippen molar-refractivity contribution in [2.24, 2.45) is 5.92 Å². The minimum Gasteiger partial charge on any atom is -0.454 e. The molecule has 0 amide bonds. The number of rotatable bonds is 6. The number of esters is 1. The second kappa shape index (κ2) is 9.46. The minimum absolute atomic E-state index is 0.00960. The van der Waals surface area contributed by atoms with E-state index in [2.05, 4.69) is 33.4 Å². The number of non-ortho nitro benzene ring substituents is 1. The molecule has 0 saturated heterocycles. The average Bonchev–Trinajstić information content (AvgIpc) is 3.37. The number of benzene rings is 3. The molecule has 0 saturated carbocycles. The third kappa shape index (κ3) is 4.61. The van der Waals surface area contributed by atoms with Crippen molar-refractivity contribution in [2.45, 2.75) is 18.4 Å². The zero-order chi connectivity index (χ0) is 24.5. The maximum atomic E-state index is 12.7. The molecule has 0 bridgehead atoms. The Kier molecular flexibility index (Phi) is 6.21. The number of nitrogens with zero attached hydrogens (tertiary/aromatic N) is 1. The van der Waals surface area contributed by atoms with Crippen LogP contribution in [0.5, 0.6) is 0 Å². The van der Waals surface area contributed by atoms with Gasteiger partial charge in [0.15, 0.2) is 12.4 Å². The molecule has 7 nitrogen and oxygen atoms in total. The molecular formula is C27H21BrN2O5. The van der Waals surface area contributed by atoms with E-state index in [1.165, 1.54) is 12.1 Å². The number of halogens is 1. The Hall–Kier alpha value is -3.78. The fraction of sp³-hybridized carbons (Fsp3) is 0.185. The van der Waals surface area contributed by atoms with Crippen LogP contribution in [0, 0.1) is 16.0 Å². The number of fused-ring (bicyclic) bond motifs is 3. The number of nitro groups is 1. The third-order valence-corrected chi connectivity index (χ3v) is 7.09. The quantitative estimate of drug-likeness (QED) is 0.133. The summed E-state index contributed by atoms with van der Waals surface area (Å²) >= 11 is 3.33. The van der Waals surface area contributed by atoms with E-state index in [-0.39, 0.29) is 36.0 Å². The number of ketones is 1. The van der Waals surface area contributed by atoms with Crippen molar-refractivity contribution in [3.63, 3.8) is 0 Å². The maximum Gasteiger partial charge on any atom is 0.338 e. The van der Waals surface area contributed by atoms with Gasteiger partial charge in [0.05, 0.1) is 16.5 Å². The Bertz CT molecular complexity index is 1330. The molecule has 176 valence electrons. The van der Waals surface area contributed by atoms with Crippen molar-refractivity contribution in [1.29, 1.82) is 0 Å². The van der Waals surface area contributed by atoms with Gasteiger partial charge in [-0.2, -0.15) is 0 Å². The lowest BCUT2D eigenvalue weighted by Crippen LogP contribution is -2.29. The molecule has 0 spiro atoms. The number of ether oxygens (including phenoxy) is 1. The van der Waals surface area contributed by atoms with Crippen LogP contribution in [0.4, 0.5) is 11.4 Å². The highest BCUT2D eigenvalue weighted by Crippen LogP contribution is 2.50. The van der Waals surface area contributed by atoms with Crippen molar-refractivity contribution >= 4 is 39.1 Å². The first-order valence-corrected chi connectivity index (χ1v) is 12.0. The molecule has 3 aromatic rings. The van der Waals surface area contributed by atoms with Gasteiger partial charge in [0.1, 0.15) is 0 Å². The number of hydrogen-bond acceptors (Lipinski definition) is 6. The van der Waals surface area contributed by atoms with Crippen molar-refractivity contribution in [1.82, 2.24) is 0 Å². The van der Waals surface area contributed by atoms with Crippen LogP contribution in [-0.2, 0) is 4.74 Å². The fourth-order valence-corrected chi connectivity index (χ4v) is 5.05. The summed E-state index contributed by atoms with van der Waals surface area (Å²) in [7, 11) is 0. The lowest BCUT2D eigenvalue weighted by molar-refractivity contribution is -0.384. The summed E-state index contributed by atoms with van der Waals surface area (Å²) in [6.07, 6.45) is 5.14. The Morgan fingerprint density at radius 1 is 1.03 bits per heavy atom. The van der Waals surface area contributed by atoms with Crippen LogP contribution in [0.2, 0.25) is 0 Å². The van der Waals surface area contributed by atoms with Gasteiger partial charge in [0.25, 0.3) is 5.69 Å². The molecule has 5 rings (SSSR count). The van der Waals surface area contributed by atoms with E-state index in [1.807, 2.05) is 12.1 Å². The molecule has 0 fully saturated rings. The maximum absolute atomic E-state index is 12.7. The summed E-state index contributed by atoms with van der Waals surface area (Å²) < 4.78 is 6.17. The van der Waals surface area contributed by atoms with Gasteiger partial charge in [-0.1, -0.05) is 52.3 Å². The molecule has 1 aliphatic carbocycles. The zero-order valence-corrected chi connectivity index (χ0v) is 20.1. The van der Waals surface area contributed by atoms with E-state index < -0.39 is 10.9 Å². The highest BCUT2D eigenvalue weighted by atomic mass is 79.9. The number of Topliss-reactive ketones (excluding diaryl/α,β-unsaturated/α-hetero) is 1. The number of allylic oxidation sites excluding steroid dienone is 2. The first-order chi connectivity index (χ1) is 16.9. The van der Waals surface area contributed by atoms with E-state index in [9.17, 15) is 19.7 Å². The second-order valence-corrected chi connectivity index (χ2v) is 9.55. The lowest BCUT2D eigenvalue weighted by Gasteiger charge is -2.37. The molecule has 35 heavy (non-hydrogen) atoms. The van der Waals surface area contributed by atoms with Gasteiger partial charge in [0, 0.05) is 33.8 Å². The molecule has 8 heteroatoms. The van der Waals surface area contributed by atoms with Gasteiger partial charge in [-0.3, -0.25) is 14.9 Å². The van der Waals surface area contributed by atoms with E-state index in [0.717, 1.165) is 27.7 Å². The third-order valence-electron chi connectivity index (χ3n) is 6.56. The summed E-state index contributed by atoms with van der Waals surface area (Å²) in [6, 6.07) is 18.9. The molecule has 0 unspecified atom stereocenters. The fourth-order valence-electron chi connectivity index (χ4n) is 4.79. The van der Waals surface area contributed by atoms with Gasteiger partial charge in [-0.05, 0) is 53.8 Å². The van der Waals surface area contributed by atoms with E-state index in [4.69, 9.17) is 4.74 Å². The van der Waals surface area contributed by atoms with Crippen LogP contribution in [-0.4, -0.2) is 23.3 Å². The van der Waals surface area contributed by atoms with Crippen LogP contribution in [0.1, 0.15) is 50.2 Å². The second-order valence-electron chi connectivity index (χ2n) is 8.63. The largest absolute Gasteiger partial charge is 0.454 e. The molecule has 0 radical (unpaired) electrons. The smallest absolute Gasteiger partial charge is 0.338 e. The van der Waals surface area contributed by atoms with Crippen LogP contribution in [0.3, 0.4) is 0 Å². The standard InChI is InChI=1S/C27H21BrN2O5/c28-19-9-4-16(5-10-19)25(31)15-35-27(32)18-8-13-24-23(14-18)21-2-1-3-22(21)26(29-24)17-6-11-20(12-7-17)30(33)34/h1-2,4-14,21-22,26,29H,3,15H2/t21-,22+,26-/m0/s1. The average molecular weight is 533 g/mol. The first kappa shape index (κ1) is 23.0. The van der Waals surface area contributed by atoms with E-state index >= 15 is 0 Å². The molecule has 3 aromatic carbocycles. The van der Waals surface area contributed by atoms with Gasteiger partial charge in [-0.25, -0.2) is 4.79 Å². The first-order valence-electron chi connectivity index (χ1n) is 11.2. The van der Waals surface area contributed by atoms with E-state index in [0.29, 0.717) is 11.1 Å². The Labute approximate surface area is 210 Å². The Morgan fingerprint density at radius 3 is 2.46 bits per heavy atom. The molecule has 1 N–H and O–H groups in total. The topological polar surface area (TPSA) is 98.5 Å². The summed E-state index contributed by atoms with van der Waals surface area (Å²) in [4.78, 5) is 35.7. The number of hydrogen-bond donors (Lipinski definition) is 1. The molecular weight excluding hydrogens is 512 g/mol. The zero-order valence-electron chi connectivity index (χ0n) is 18.5. The number of nitrogens with one attached hydrogen (secondary N) is 1. The predicted molar refractivity (Wildman–Crippen MR) is 135 cm³/mol. The molecule has 2 aliphatic rings. The summed E-state index contributed by atoms with van der Waals surface area (Å²) in [5.41, 5.74) is 3.82. The van der Waals surface area contributed by atoms with Crippen LogP contribution in [0.15, 0.2) is 83.4 Å². The van der Waals surface area contributed by atoms with Crippen molar-refractivity contribution in [2.75, 3.05) is 11.9 Å². The SMILES string of the molecule is O=C(COC(=O)c1ccc2c(c1)[C@H]1C=CC[C@H]1[C@H](c1ccc([N+](=O)[O-])cc1)N2)c1ccc(Br)cc1. The molecule has 3 atom stereocenters. The summed E-state index contributed by atoms with van der Waals surface area (Å²) in [5.74, 6) is -0.498. The van der Waals surface area contributed by atoms with Crippen molar-refractivity contribution < 1.29 is 19.2 Å². The van der Waals surface area contributed by atoms with Crippen molar-refractivity contribution in [3.05, 3.63) is 116 Å². The molecule has 0 aromatic heterocycles. The van der Waals surface area contributed by atoms with Gasteiger partial charge >= 0.3 is 5.97 Å². The van der Waals surface area contributed by atoms with Crippen molar-refractivity contribution in [3.8, 4) is 0 Å². The number of carbonyl (C=O) groups is 2. The van der Waals surface area contributed by atoms with Crippen LogP contribution in [0.25, 0.3) is 0 Å². The van der Waals surface area contributed by atoms with Gasteiger partial charge in [-0.15, -0.1) is 0 Å². The van der Waals surface area contributed by atoms with Gasteiger partial charge in [0.2, 0.25) is 0 Å². The monoisotopic (exact) mass is 532 g/mol. The normalized spacial score (nSPS) is 19.9. The highest BCUT2D eigenvalue weighted by molar-refractivity contribution is 9.10. The highest BCUT2D eigenvalue weighted by Gasteiger charge is 2.38. The lowest BCUT2D eigenvalue weighted by atomic mass is 9.76. The number of nitro benzene ring substituents is 1. The van der Waals surface area contributed by atoms with Crippen LogP contribution >= 0.6 is 15.9 Å². The summed E-state index contributed by atoms with van der Waals surface area (Å²) in [6.45, 7) is -0.329. The minimum atomic E-state index is -0.547. The number of anilines is 1.